The van der Waals surface area contributed by atoms with Crippen molar-refractivity contribution in [3.05, 3.63) is 53.3 Å². The number of nitrogens with two attached hydrogens (primary N) is 1. The minimum Gasteiger partial charge on any atom is -0.483 e. The molecule has 0 saturated heterocycles. The van der Waals surface area contributed by atoms with E-state index in [1.54, 1.807) is 7.11 Å². The lowest BCUT2D eigenvalue weighted by atomic mass is 9.62. The number of amidine groups is 1. The SMILES string of the molecule is O=CO.[2H]C1([2H])OC(N)=NC12c1cc(-c3cncc(C)c3)ccc1CC21CCC(OC)CC1. The van der Waals surface area contributed by atoms with Gasteiger partial charge in [0.1, 0.15) is 12.1 Å². The Balaban J connectivity index is 0.000000821. The van der Waals surface area contributed by atoms with Crippen LogP contribution >= 0.6 is 0 Å². The second kappa shape index (κ2) is 8.30. The fourth-order valence-corrected chi connectivity index (χ4v) is 5.34. The molecule has 1 aromatic heterocycles. The zero-order chi connectivity index (χ0) is 23.9. The molecule has 1 atom stereocenters. The molecule has 1 fully saturated rings. The molecule has 0 bridgehead atoms. The van der Waals surface area contributed by atoms with Crippen LogP contribution in [0.2, 0.25) is 0 Å². The second-order valence-corrected chi connectivity index (χ2v) is 8.49. The molecule has 2 heterocycles. The van der Waals surface area contributed by atoms with E-state index in [0.29, 0.717) is 0 Å². The van der Waals surface area contributed by atoms with Crippen molar-refractivity contribution in [3.63, 3.8) is 0 Å². The molecule has 31 heavy (non-hydrogen) atoms. The summed E-state index contributed by atoms with van der Waals surface area (Å²) in [5.41, 5.74) is 9.57. The Kier molecular flexibility index (Phi) is 5.04. The molecule has 3 aliphatic rings. The normalized spacial score (nSPS) is 31.0. The maximum absolute atomic E-state index is 8.86. The second-order valence-electron chi connectivity index (χ2n) is 8.49. The first-order valence-electron chi connectivity index (χ1n) is 11.4. The Hall–Kier alpha value is -2.93. The summed E-state index contributed by atoms with van der Waals surface area (Å²) in [6, 6.07) is 8.32. The topological polar surface area (TPSA) is 107 Å². The minimum absolute atomic E-state index is 0.0660. The third kappa shape index (κ3) is 3.57. The number of carbonyl (C=O) groups is 1. The van der Waals surface area contributed by atoms with Crippen LogP contribution in [0.4, 0.5) is 0 Å². The van der Waals surface area contributed by atoms with Gasteiger partial charge in [0.25, 0.3) is 12.5 Å². The number of fused-ring (bicyclic) bond motifs is 3. The van der Waals surface area contributed by atoms with Gasteiger partial charge in [0.15, 0.2) is 0 Å². The van der Waals surface area contributed by atoms with E-state index >= 15 is 0 Å². The van der Waals surface area contributed by atoms with Crippen molar-refractivity contribution in [2.75, 3.05) is 13.7 Å². The molecule has 164 valence electrons. The largest absolute Gasteiger partial charge is 0.483 e. The van der Waals surface area contributed by atoms with Gasteiger partial charge in [-0.3, -0.25) is 9.78 Å². The van der Waals surface area contributed by atoms with Gasteiger partial charge in [-0.05, 0) is 73.4 Å². The van der Waals surface area contributed by atoms with Crippen molar-refractivity contribution in [2.45, 2.75) is 50.7 Å². The molecule has 1 saturated carbocycles. The van der Waals surface area contributed by atoms with Crippen LogP contribution in [0.25, 0.3) is 11.1 Å². The van der Waals surface area contributed by atoms with E-state index in [4.69, 9.17) is 32.8 Å². The van der Waals surface area contributed by atoms with Crippen molar-refractivity contribution in [1.82, 2.24) is 4.98 Å². The summed E-state index contributed by atoms with van der Waals surface area (Å²) in [7, 11) is 1.75. The number of aromatic nitrogens is 1. The van der Waals surface area contributed by atoms with Gasteiger partial charge in [-0.2, -0.15) is 0 Å². The maximum atomic E-state index is 8.86. The molecule has 0 radical (unpaired) electrons. The molecule has 1 aromatic carbocycles. The number of carboxylic acid groups (broad SMARTS) is 1. The van der Waals surface area contributed by atoms with Crippen molar-refractivity contribution < 1.29 is 22.1 Å². The monoisotopic (exact) mass is 425 g/mol. The molecule has 2 spiro atoms. The van der Waals surface area contributed by atoms with Gasteiger partial charge < -0.3 is 20.3 Å². The lowest BCUT2D eigenvalue weighted by Gasteiger charge is -2.45. The van der Waals surface area contributed by atoms with E-state index in [2.05, 4.69) is 29.2 Å². The summed E-state index contributed by atoms with van der Waals surface area (Å²) >= 11 is 0. The van der Waals surface area contributed by atoms with E-state index < -0.39 is 12.1 Å². The summed E-state index contributed by atoms with van der Waals surface area (Å²) in [5, 5.41) is 6.89. The highest BCUT2D eigenvalue weighted by atomic mass is 16.5. The molecule has 0 amide bonds. The number of hydrogen-bond donors (Lipinski definition) is 2. The predicted molar refractivity (Wildman–Crippen MR) is 118 cm³/mol. The van der Waals surface area contributed by atoms with E-state index in [1.165, 1.54) is 0 Å². The van der Waals surface area contributed by atoms with Gasteiger partial charge in [-0.15, -0.1) is 0 Å². The van der Waals surface area contributed by atoms with E-state index in [-0.39, 0.29) is 24.0 Å². The number of pyridine rings is 1. The predicted octanol–water partition coefficient (Wildman–Crippen LogP) is 3.43. The van der Waals surface area contributed by atoms with Crippen LogP contribution < -0.4 is 5.73 Å². The summed E-state index contributed by atoms with van der Waals surface area (Å²) in [6.45, 7) is -0.241. The molecule has 1 unspecified atom stereocenters. The molecule has 7 nitrogen and oxygen atoms in total. The van der Waals surface area contributed by atoms with Gasteiger partial charge in [0.05, 0.1) is 8.85 Å². The first-order chi connectivity index (χ1) is 15.7. The number of methoxy groups -OCH3 is 1. The number of hydrogen-bond acceptors (Lipinski definition) is 6. The molecule has 2 aliphatic carbocycles. The smallest absolute Gasteiger partial charge is 0.290 e. The number of nitrogens with zero attached hydrogens (tertiary/aromatic N) is 2. The van der Waals surface area contributed by atoms with Crippen LogP contribution in [0.15, 0.2) is 41.7 Å². The maximum Gasteiger partial charge on any atom is 0.290 e. The average molecular weight is 426 g/mol. The lowest BCUT2D eigenvalue weighted by molar-refractivity contribution is -0.122. The van der Waals surface area contributed by atoms with Crippen LogP contribution in [0.5, 0.6) is 0 Å². The summed E-state index contributed by atoms with van der Waals surface area (Å²) in [4.78, 5) is 17.4. The van der Waals surface area contributed by atoms with Crippen molar-refractivity contribution >= 4 is 12.5 Å². The fourth-order valence-electron chi connectivity index (χ4n) is 5.34. The number of rotatable bonds is 2. The zero-order valence-electron chi connectivity index (χ0n) is 19.8. The highest BCUT2D eigenvalue weighted by Gasteiger charge is 2.61. The fraction of sp³-hybridized carbons (Fsp3) is 0.458. The summed E-state index contributed by atoms with van der Waals surface area (Å²) in [6.07, 6.45) is 8.05. The Morgan fingerprint density at radius 3 is 2.65 bits per heavy atom. The van der Waals surface area contributed by atoms with E-state index in [1.807, 2.05) is 19.3 Å². The molecule has 2 aromatic rings. The highest BCUT2D eigenvalue weighted by molar-refractivity contribution is 5.76. The van der Waals surface area contributed by atoms with E-state index in [0.717, 1.165) is 59.9 Å². The standard InChI is InChI=1S/C23H27N3O2.CH2O2/c1-15-9-18(13-25-12-15)16-3-4-17-11-22(7-5-19(27-2)6-8-22)23(20(17)10-16)14-28-21(24)26-23;2-1-3/h3-4,9-10,12-13,19H,5-8,11,14H2,1-2H3,(H2,24,26);1H,(H,2,3)/i14D2;. The van der Waals surface area contributed by atoms with Gasteiger partial charge >= 0.3 is 0 Å². The van der Waals surface area contributed by atoms with E-state index in [9.17, 15) is 0 Å². The van der Waals surface area contributed by atoms with Crippen molar-refractivity contribution in [1.29, 1.82) is 0 Å². The van der Waals surface area contributed by atoms with Crippen LogP contribution in [0, 0.1) is 12.3 Å². The average Bonchev–Trinajstić information content (AvgIpc) is 3.19. The molecular formula is C24H29N3O4. The Labute approximate surface area is 185 Å². The third-order valence-corrected chi connectivity index (χ3v) is 6.81. The number of aryl methyl sites for hydroxylation is 1. The van der Waals surface area contributed by atoms with Crippen LogP contribution in [0.3, 0.4) is 0 Å². The van der Waals surface area contributed by atoms with Gasteiger partial charge in [0, 0.05) is 30.5 Å². The first kappa shape index (κ1) is 18.8. The third-order valence-electron chi connectivity index (χ3n) is 6.81. The molecule has 7 heteroatoms. The zero-order valence-corrected chi connectivity index (χ0v) is 17.8. The van der Waals surface area contributed by atoms with Crippen molar-refractivity contribution in [3.8, 4) is 11.1 Å². The first-order valence-corrected chi connectivity index (χ1v) is 10.4. The Bertz CT molecular complexity index is 1080. The number of aliphatic imine (C=N–C) groups is 1. The minimum atomic E-state index is -2.01. The quantitative estimate of drug-likeness (QED) is 0.714. The van der Waals surface area contributed by atoms with Crippen molar-refractivity contribution in [2.24, 2.45) is 16.1 Å². The van der Waals surface area contributed by atoms with Gasteiger partial charge in [-0.1, -0.05) is 12.1 Å². The highest BCUT2D eigenvalue weighted by Crippen LogP contribution is 2.61. The molecule has 1 aliphatic heterocycles. The summed E-state index contributed by atoms with van der Waals surface area (Å²) in [5.74, 6) is 0. The molecule has 3 N–H and O–H groups in total. The lowest BCUT2D eigenvalue weighted by Crippen LogP contribution is -2.46. The Morgan fingerprint density at radius 1 is 1.29 bits per heavy atom. The number of benzene rings is 1. The number of ether oxygens (including phenoxy) is 2. The van der Waals surface area contributed by atoms with Gasteiger partial charge in [-0.25, -0.2) is 4.99 Å². The molecule has 5 rings (SSSR count). The van der Waals surface area contributed by atoms with Crippen LogP contribution in [-0.4, -0.2) is 42.4 Å². The Morgan fingerprint density at radius 2 is 2.03 bits per heavy atom. The van der Waals surface area contributed by atoms with Crippen LogP contribution in [-0.2, 0) is 26.2 Å². The molecular weight excluding hydrogens is 394 g/mol. The van der Waals surface area contributed by atoms with Gasteiger partial charge in [0.2, 0.25) is 0 Å². The summed E-state index contributed by atoms with van der Waals surface area (Å²) < 4.78 is 28.8. The van der Waals surface area contributed by atoms with Crippen LogP contribution in [0.1, 0.15) is 45.1 Å².